The lowest BCUT2D eigenvalue weighted by Crippen LogP contribution is -2.39. The molecule has 0 amide bonds. The first-order valence-electron chi connectivity index (χ1n) is 4.59. The molecular formula is C9H19NO. The van der Waals surface area contributed by atoms with E-state index in [2.05, 4.69) is 12.2 Å². The molecule has 1 heterocycles. The summed E-state index contributed by atoms with van der Waals surface area (Å²) in [6.07, 6.45) is 3.92. The molecule has 2 nitrogen and oxygen atoms in total. The molecule has 2 atom stereocenters. The van der Waals surface area contributed by atoms with Crippen LogP contribution in [0.3, 0.4) is 0 Å². The van der Waals surface area contributed by atoms with E-state index in [-0.39, 0.29) is 0 Å². The molecular weight excluding hydrogens is 138 g/mol. The molecule has 1 aliphatic rings. The lowest BCUT2D eigenvalue weighted by Gasteiger charge is -2.28. The highest BCUT2D eigenvalue weighted by Crippen LogP contribution is 2.15. The average Bonchev–Trinajstić information content (AvgIpc) is 2.07. The molecule has 66 valence electrons. The van der Waals surface area contributed by atoms with Gasteiger partial charge in [0.25, 0.3) is 0 Å². The number of piperidine rings is 1. The summed E-state index contributed by atoms with van der Waals surface area (Å²) in [5, 5.41) is 3.52. The van der Waals surface area contributed by atoms with Gasteiger partial charge in [-0.05, 0) is 25.2 Å². The zero-order valence-corrected chi connectivity index (χ0v) is 7.60. The molecule has 0 aromatic heterocycles. The van der Waals surface area contributed by atoms with Crippen molar-refractivity contribution in [2.45, 2.75) is 32.2 Å². The average molecular weight is 157 g/mol. The first kappa shape index (κ1) is 9.01. The van der Waals surface area contributed by atoms with Gasteiger partial charge in [-0.15, -0.1) is 0 Å². The largest absolute Gasteiger partial charge is 0.384 e. The fourth-order valence-electron chi connectivity index (χ4n) is 1.70. The lowest BCUT2D eigenvalue weighted by molar-refractivity contribution is 0.129. The minimum Gasteiger partial charge on any atom is -0.384 e. The molecule has 0 radical (unpaired) electrons. The highest BCUT2D eigenvalue weighted by molar-refractivity contribution is 4.76. The van der Waals surface area contributed by atoms with Gasteiger partial charge < -0.3 is 10.1 Å². The van der Waals surface area contributed by atoms with Crippen molar-refractivity contribution in [1.29, 1.82) is 0 Å². The van der Waals surface area contributed by atoms with Crippen molar-refractivity contribution < 1.29 is 4.74 Å². The zero-order chi connectivity index (χ0) is 8.10. The molecule has 0 spiro atoms. The van der Waals surface area contributed by atoms with Gasteiger partial charge in [-0.2, -0.15) is 0 Å². The summed E-state index contributed by atoms with van der Waals surface area (Å²) in [6.45, 7) is 4.31. The lowest BCUT2D eigenvalue weighted by atomic mass is 9.94. The zero-order valence-electron chi connectivity index (χ0n) is 7.60. The molecule has 0 saturated carbocycles. The van der Waals surface area contributed by atoms with E-state index >= 15 is 0 Å². The standard InChI is InChI=1S/C9H19NO/c1-3-9-5-4-8(6-10-9)7-11-2/h8-10H,3-7H2,1-2H3. The normalized spacial score (nSPS) is 32.2. The van der Waals surface area contributed by atoms with E-state index in [9.17, 15) is 0 Å². The fourth-order valence-corrected chi connectivity index (χ4v) is 1.70. The second kappa shape index (κ2) is 4.73. The molecule has 11 heavy (non-hydrogen) atoms. The maximum Gasteiger partial charge on any atom is 0.0502 e. The van der Waals surface area contributed by atoms with Gasteiger partial charge in [-0.25, -0.2) is 0 Å². The summed E-state index contributed by atoms with van der Waals surface area (Å²) < 4.78 is 5.11. The Morgan fingerprint density at radius 3 is 2.73 bits per heavy atom. The molecule has 1 aliphatic heterocycles. The number of hydrogen-bond donors (Lipinski definition) is 1. The van der Waals surface area contributed by atoms with Crippen molar-refractivity contribution in [3.05, 3.63) is 0 Å². The van der Waals surface area contributed by atoms with Gasteiger partial charge in [0.1, 0.15) is 0 Å². The van der Waals surface area contributed by atoms with Crippen molar-refractivity contribution in [1.82, 2.24) is 5.32 Å². The third-order valence-electron chi connectivity index (χ3n) is 2.51. The molecule has 2 heteroatoms. The number of ether oxygens (including phenoxy) is 1. The molecule has 0 aliphatic carbocycles. The van der Waals surface area contributed by atoms with Gasteiger partial charge in [-0.3, -0.25) is 0 Å². The van der Waals surface area contributed by atoms with Crippen LogP contribution < -0.4 is 5.32 Å². The Labute approximate surface area is 69.3 Å². The first-order chi connectivity index (χ1) is 5.36. The Hall–Kier alpha value is -0.0800. The van der Waals surface area contributed by atoms with Crippen LogP contribution in [0.15, 0.2) is 0 Å². The number of nitrogens with one attached hydrogen (secondary N) is 1. The van der Waals surface area contributed by atoms with E-state index in [0.717, 1.165) is 25.1 Å². The summed E-state index contributed by atoms with van der Waals surface area (Å²) in [5.74, 6) is 0.753. The van der Waals surface area contributed by atoms with Crippen molar-refractivity contribution in [3.8, 4) is 0 Å². The highest BCUT2D eigenvalue weighted by Gasteiger charge is 2.18. The van der Waals surface area contributed by atoms with Gasteiger partial charge in [0, 0.05) is 19.7 Å². The number of methoxy groups -OCH3 is 1. The van der Waals surface area contributed by atoms with Gasteiger partial charge in [0.2, 0.25) is 0 Å². The predicted octanol–water partition coefficient (Wildman–Crippen LogP) is 1.41. The maximum absolute atomic E-state index is 5.11. The summed E-state index contributed by atoms with van der Waals surface area (Å²) in [7, 11) is 1.78. The van der Waals surface area contributed by atoms with Crippen LogP contribution in [0.4, 0.5) is 0 Å². The molecule has 0 bridgehead atoms. The van der Waals surface area contributed by atoms with Gasteiger partial charge in [-0.1, -0.05) is 6.92 Å². The Balaban J connectivity index is 2.14. The van der Waals surface area contributed by atoms with Crippen LogP contribution in [0.5, 0.6) is 0 Å². The van der Waals surface area contributed by atoms with Crippen molar-refractivity contribution in [2.24, 2.45) is 5.92 Å². The first-order valence-corrected chi connectivity index (χ1v) is 4.59. The Morgan fingerprint density at radius 1 is 1.45 bits per heavy atom. The quantitative estimate of drug-likeness (QED) is 0.669. The minimum atomic E-state index is 0.753. The van der Waals surface area contributed by atoms with Crippen LogP contribution in [0.2, 0.25) is 0 Å². The molecule has 1 N–H and O–H groups in total. The molecule has 1 fully saturated rings. The monoisotopic (exact) mass is 157 g/mol. The van der Waals surface area contributed by atoms with Crippen LogP contribution in [0.1, 0.15) is 26.2 Å². The summed E-state index contributed by atoms with van der Waals surface area (Å²) in [5.41, 5.74) is 0. The topological polar surface area (TPSA) is 21.3 Å². The van der Waals surface area contributed by atoms with Crippen molar-refractivity contribution in [2.75, 3.05) is 20.3 Å². The Bertz CT molecular complexity index is 97.7. The van der Waals surface area contributed by atoms with E-state index < -0.39 is 0 Å². The van der Waals surface area contributed by atoms with E-state index in [0.29, 0.717) is 0 Å². The van der Waals surface area contributed by atoms with Crippen LogP contribution in [0, 0.1) is 5.92 Å². The summed E-state index contributed by atoms with van der Waals surface area (Å²) in [4.78, 5) is 0. The number of rotatable bonds is 3. The van der Waals surface area contributed by atoms with Crippen LogP contribution in [0.25, 0.3) is 0 Å². The van der Waals surface area contributed by atoms with E-state index in [4.69, 9.17) is 4.74 Å². The SMILES string of the molecule is CCC1CCC(COC)CN1. The molecule has 2 unspecified atom stereocenters. The highest BCUT2D eigenvalue weighted by atomic mass is 16.5. The summed E-state index contributed by atoms with van der Waals surface area (Å²) >= 11 is 0. The van der Waals surface area contributed by atoms with Crippen LogP contribution in [-0.2, 0) is 4.74 Å². The number of hydrogen-bond acceptors (Lipinski definition) is 2. The van der Waals surface area contributed by atoms with Crippen LogP contribution in [-0.4, -0.2) is 26.3 Å². The van der Waals surface area contributed by atoms with Crippen LogP contribution >= 0.6 is 0 Å². The summed E-state index contributed by atoms with van der Waals surface area (Å²) in [6, 6.07) is 0.767. The second-order valence-electron chi connectivity index (χ2n) is 3.41. The third-order valence-corrected chi connectivity index (χ3v) is 2.51. The van der Waals surface area contributed by atoms with Gasteiger partial charge in [0.05, 0.1) is 6.61 Å². The van der Waals surface area contributed by atoms with E-state index in [1.165, 1.54) is 19.3 Å². The second-order valence-corrected chi connectivity index (χ2v) is 3.41. The van der Waals surface area contributed by atoms with Crippen molar-refractivity contribution in [3.63, 3.8) is 0 Å². The predicted molar refractivity (Wildman–Crippen MR) is 46.7 cm³/mol. The third kappa shape index (κ3) is 2.80. The molecule has 0 aromatic rings. The Morgan fingerprint density at radius 2 is 2.27 bits per heavy atom. The fraction of sp³-hybridized carbons (Fsp3) is 1.00. The van der Waals surface area contributed by atoms with Gasteiger partial charge >= 0.3 is 0 Å². The Kier molecular flexibility index (Phi) is 3.87. The van der Waals surface area contributed by atoms with Gasteiger partial charge in [0.15, 0.2) is 0 Å². The smallest absolute Gasteiger partial charge is 0.0502 e. The molecule has 1 saturated heterocycles. The molecule has 1 rings (SSSR count). The molecule has 0 aromatic carbocycles. The van der Waals surface area contributed by atoms with Crippen molar-refractivity contribution >= 4 is 0 Å². The minimum absolute atomic E-state index is 0.753. The van der Waals surface area contributed by atoms with E-state index in [1.54, 1.807) is 7.11 Å². The van der Waals surface area contributed by atoms with E-state index in [1.807, 2.05) is 0 Å². The maximum atomic E-state index is 5.11.